The minimum atomic E-state index is -0.622. The molecule has 16 heavy (non-hydrogen) atoms. The average molecular weight is 245 g/mol. The average Bonchev–Trinajstić information content (AvgIpc) is 2.29. The Labute approximate surface area is 96.8 Å². The van der Waals surface area contributed by atoms with Gasteiger partial charge in [-0.15, -0.1) is 0 Å². The Balaban J connectivity index is 3.04. The number of rotatable bonds is 3. The van der Waals surface area contributed by atoms with Crippen molar-refractivity contribution >= 4 is 23.6 Å². The van der Waals surface area contributed by atoms with E-state index in [2.05, 4.69) is 10.2 Å². The highest BCUT2D eigenvalue weighted by Crippen LogP contribution is 2.17. The molecule has 0 aromatic heterocycles. The van der Waals surface area contributed by atoms with Crippen molar-refractivity contribution in [2.75, 3.05) is 7.11 Å². The third kappa shape index (κ3) is 2.95. The molecule has 0 fully saturated rings. The van der Waals surface area contributed by atoms with Crippen LogP contribution in [0.1, 0.15) is 5.56 Å². The third-order valence-corrected chi connectivity index (χ3v) is 2.11. The lowest BCUT2D eigenvalue weighted by molar-refractivity contribution is -0.136. The molecule has 3 N–H and O–H groups in total. The van der Waals surface area contributed by atoms with E-state index < -0.39 is 11.8 Å². The van der Waals surface area contributed by atoms with Gasteiger partial charge in [-0.25, -0.2) is 9.18 Å². The minimum absolute atomic E-state index is 0.0324. The van der Waals surface area contributed by atoms with Gasteiger partial charge in [0.1, 0.15) is 11.5 Å². The monoisotopic (exact) mass is 244 g/mol. The van der Waals surface area contributed by atoms with Gasteiger partial charge in [0.25, 0.3) is 0 Å². The van der Waals surface area contributed by atoms with Crippen LogP contribution in [0, 0.1) is 5.82 Å². The normalized spacial score (nSPS) is 11.1. The summed E-state index contributed by atoms with van der Waals surface area (Å²) in [6, 6.07) is 4.03. The van der Waals surface area contributed by atoms with Crippen molar-refractivity contribution in [2.24, 2.45) is 5.84 Å². The van der Waals surface area contributed by atoms with Crippen molar-refractivity contribution in [1.82, 2.24) is 5.43 Å². The molecule has 1 aromatic rings. The van der Waals surface area contributed by atoms with E-state index in [9.17, 15) is 9.18 Å². The Morgan fingerprint density at radius 2 is 2.31 bits per heavy atom. The Bertz CT molecular complexity index is 435. The molecule has 0 saturated carbocycles. The van der Waals surface area contributed by atoms with Crippen molar-refractivity contribution in [2.45, 2.75) is 0 Å². The lowest BCUT2D eigenvalue weighted by Gasteiger charge is -2.04. The fourth-order valence-electron chi connectivity index (χ4n) is 1.04. The van der Waals surface area contributed by atoms with Crippen molar-refractivity contribution in [3.63, 3.8) is 0 Å². The van der Waals surface area contributed by atoms with Crippen molar-refractivity contribution in [3.05, 3.63) is 40.3 Å². The van der Waals surface area contributed by atoms with E-state index in [1.807, 2.05) is 0 Å². The van der Waals surface area contributed by atoms with Gasteiger partial charge in [-0.2, -0.15) is 0 Å². The number of ether oxygens (including phenoxy) is 1. The van der Waals surface area contributed by atoms with Gasteiger partial charge in [0.05, 0.1) is 12.1 Å². The summed E-state index contributed by atoms with van der Waals surface area (Å²) in [5, 5.41) is -0.0324. The van der Waals surface area contributed by atoms with E-state index in [0.717, 1.165) is 0 Å². The number of hydrogen-bond donors (Lipinski definition) is 2. The van der Waals surface area contributed by atoms with Gasteiger partial charge in [-0.3, -0.25) is 5.84 Å². The summed E-state index contributed by atoms with van der Waals surface area (Å²) >= 11 is 5.58. The molecule has 0 saturated heterocycles. The molecule has 0 radical (unpaired) electrons. The Hall–Kier alpha value is -1.59. The fraction of sp³-hybridized carbons (Fsp3) is 0.100. The first-order chi connectivity index (χ1) is 7.58. The van der Waals surface area contributed by atoms with Gasteiger partial charge < -0.3 is 10.2 Å². The summed E-state index contributed by atoms with van der Waals surface area (Å²) in [5.74, 6) is 3.99. The van der Waals surface area contributed by atoms with Gasteiger partial charge in [-0.1, -0.05) is 17.7 Å². The molecule has 1 aromatic carbocycles. The number of hydrogen-bond acceptors (Lipinski definition) is 4. The molecule has 0 unspecified atom stereocenters. The number of carbonyl (C=O) groups excluding carboxylic acids is 1. The summed E-state index contributed by atoms with van der Waals surface area (Å²) in [5.41, 5.74) is 2.76. The zero-order valence-electron chi connectivity index (χ0n) is 8.46. The number of nitrogens with two attached hydrogens (primary N) is 1. The van der Waals surface area contributed by atoms with Gasteiger partial charge in [0, 0.05) is 0 Å². The number of benzene rings is 1. The fourth-order valence-corrected chi connectivity index (χ4v) is 1.23. The number of methoxy groups -OCH3 is 1. The predicted molar refractivity (Wildman–Crippen MR) is 58.7 cm³/mol. The highest BCUT2D eigenvalue weighted by atomic mass is 35.5. The van der Waals surface area contributed by atoms with Crippen LogP contribution in [0.5, 0.6) is 0 Å². The van der Waals surface area contributed by atoms with E-state index in [4.69, 9.17) is 17.4 Å². The smallest absolute Gasteiger partial charge is 0.355 e. The summed E-state index contributed by atoms with van der Waals surface area (Å²) in [4.78, 5) is 11.2. The molecule has 0 aliphatic rings. The van der Waals surface area contributed by atoms with Crippen molar-refractivity contribution in [3.8, 4) is 0 Å². The van der Waals surface area contributed by atoms with Crippen LogP contribution in [0.15, 0.2) is 23.9 Å². The van der Waals surface area contributed by atoms with Crippen LogP contribution < -0.4 is 11.3 Å². The van der Waals surface area contributed by atoms with E-state index in [1.54, 1.807) is 0 Å². The first-order valence-electron chi connectivity index (χ1n) is 4.30. The van der Waals surface area contributed by atoms with Crippen LogP contribution in [0.2, 0.25) is 5.02 Å². The predicted octanol–water partition coefficient (Wildman–Crippen LogP) is 1.46. The third-order valence-electron chi connectivity index (χ3n) is 1.82. The van der Waals surface area contributed by atoms with Crippen LogP contribution in [0.25, 0.3) is 6.08 Å². The maximum Gasteiger partial charge on any atom is 0.355 e. The first-order valence-corrected chi connectivity index (χ1v) is 4.68. The summed E-state index contributed by atoms with van der Waals surface area (Å²) in [7, 11) is 1.23. The molecule has 0 aliphatic carbocycles. The molecule has 86 valence electrons. The van der Waals surface area contributed by atoms with Crippen LogP contribution in [0.3, 0.4) is 0 Å². The van der Waals surface area contributed by atoms with Crippen molar-refractivity contribution < 1.29 is 13.9 Å². The molecule has 1 rings (SSSR count). The lowest BCUT2D eigenvalue weighted by atomic mass is 10.2. The number of hydrazine groups is 1. The molecule has 4 nitrogen and oxygen atoms in total. The van der Waals surface area contributed by atoms with Gasteiger partial charge in [0.15, 0.2) is 0 Å². The van der Waals surface area contributed by atoms with E-state index in [1.165, 1.54) is 31.4 Å². The number of nitrogens with one attached hydrogen (secondary N) is 1. The summed E-state index contributed by atoms with van der Waals surface area (Å²) in [6.07, 6.45) is 1.40. The van der Waals surface area contributed by atoms with Crippen LogP contribution in [0.4, 0.5) is 4.39 Å². The zero-order valence-corrected chi connectivity index (χ0v) is 9.22. The first kappa shape index (κ1) is 12.5. The van der Waals surface area contributed by atoms with Crippen LogP contribution in [-0.2, 0) is 9.53 Å². The second-order valence-electron chi connectivity index (χ2n) is 2.87. The number of carbonyl (C=O) groups is 1. The maximum absolute atomic E-state index is 12.9. The number of halogens is 2. The molecule has 0 aliphatic heterocycles. The highest BCUT2D eigenvalue weighted by Gasteiger charge is 2.08. The minimum Gasteiger partial charge on any atom is -0.464 e. The number of esters is 1. The van der Waals surface area contributed by atoms with Gasteiger partial charge in [0.2, 0.25) is 0 Å². The standard InChI is InChI=1S/C10H10ClFN2O2/c1-16-10(15)9(14-13)5-6-2-3-8(12)7(11)4-6/h2-5,14H,13H2,1H3/b9-5-. The quantitative estimate of drug-likeness (QED) is 0.366. The highest BCUT2D eigenvalue weighted by molar-refractivity contribution is 6.30. The van der Waals surface area contributed by atoms with Crippen LogP contribution in [-0.4, -0.2) is 13.1 Å². The Kier molecular flexibility index (Phi) is 4.28. The Morgan fingerprint density at radius 1 is 1.62 bits per heavy atom. The van der Waals surface area contributed by atoms with E-state index in [0.29, 0.717) is 5.56 Å². The second kappa shape index (κ2) is 5.48. The van der Waals surface area contributed by atoms with Crippen molar-refractivity contribution in [1.29, 1.82) is 0 Å². The second-order valence-corrected chi connectivity index (χ2v) is 3.27. The molecule has 6 heteroatoms. The molecule has 0 spiro atoms. The zero-order chi connectivity index (χ0) is 12.1. The SMILES string of the molecule is COC(=O)/C(=C/c1ccc(F)c(Cl)c1)NN. The molecular formula is C10H10ClFN2O2. The maximum atomic E-state index is 12.9. The Morgan fingerprint density at radius 3 is 2.81 bits per heavy atom. The topological polar surface area (TPSA) is 64.3 Å². The largest absolute Gasteiger partial charge is 0.464 e. The summed E-state index contributed by atoms with van der Waals surface area (Å²) < 4.78 is 17.3. The molecular weight excluding hydrogens is 235 g/mol. The van der Waals surface area contributed by atoms with Gasteiger partial charge in [-0.05, 0) is 23.8 Å². The molecule has 0 bridgehead atoms. The molecule has 0 amide bonds. The van der Waals surface area contributed by atoms with Gasteiger partial charge >= 0.3 is 5.97 Å². The molecule has 0 atom stereocenters. The van der Waals surface area contributed by atoms with E-state index >= 15 is 0 Å². The lowest BCUT2D eigenvalue weighted by Crippen LogP contribution is -2.27. The summed E-state index contributed by atoms with van der Waals surface area (Å²) in [6.45, 7) is 0. The molecule has 0 heterocycles. The van der Waals surface area contributed by atoms with E-state index in [-0.39, 0.29) is 10.7 Å². The van der Waals surface area contributed by atoms with Crippen LogP contribution >= 0.6 is 11.6 Å².